The van der Waals surface area contributed by atoms with E-state index < -0.39 is 0 Å². The molecule has 4 heteroatoms. The molecule has 1 heterocycles. The molecule has 106 valence electrons. The van der Waals surface area contributed by atoms with Gasteiger partial charge in [-0.3, -0.25) is 4.98 Å². The van der Waals surface area contributed by atoms with Crippen LogP contribution in [0.2, 0.25) is 0 Å². The quantitative estimate of drug-likeness (QED) is 0.839. The molecule has 1 aromatic heterocycles. The van der Waals surface area contributed by atoms with Gasteiger partial charge in [0.25, 0.3) is 0 Å². The number of nitrogens with two attached hydrogens (primary N) is 1. The molecule has 0 amide bonds. The van der Waals surface area contributed by atoms with E-state index in [0.717, 1.165) is 22.1 Å². The fourth-order valence-electron chi connectivity index (χ4n) is 3.27. The number of benzene rings is 1. The van der Waals surface area contributed by atoms with E-state index in [4.69, 9.17) is 5.73 Å². The first-order chi connectivity index (χ1) is 9.81. The van der Waals surface area contributed by atoms with Gasteiger partial charge in [-0.2, -0.15) is 0 Å². The zero-order chi connectivity index (χ0) is 13.9. The minimum Gasteiger partial charge on any atom is -0.398 e. The van der Waals surface area contributed by atoms with Gasteiger partial charge in [-0.15, -0.1) is 0 Å². The Kier molecular flexibility index (Phi) is 3.74. The number of aliphatic hydroxyl groups is 1. The fraction of sp³-hybridized carbons (Fsp3) is 0.438. The van der Waals surface area contributed by atoms with E-state index in [1.165, 1.54) is 25.7 Å². The van der Waals surface area contributed by atoms with Crippen LogP contribution < -0.4 is 10.6 Å². The second-order valence-electron chi connectivity index (χ2n) is 5.45. The fourth-order valence-corrected chi connectivity index (χ4v) is 3.27. The van der Waals surface area contributed by atoms with Crippen LogP contribution in [0.5, 0.6) is 0 Å². The van der Waals surface area contributed by atoms with Crippen LogP contribution in [-0.2, 0) is 0 Å². The summed E-state index contributed by atoms with van der Waals surface area (Å²) in [5.74, 6) is 0. The van der Waals surface area contributed by atoms with Gasteiger partial charge in [-0.05, 0) is 31.0 Å². The standard InChI is InChI=1S/C16H21N3O/c17-15-5-6-16(14-11-18-8-7-13(14)15)19(9-10-20)12-3-1-2-4-12/h5-8,11-12,20H,1-4,9-10,17H2. The minimum absolute atomic E-state index is 0.169. The number of nitrogens with zero attached hydrogens (tertiary/aromatic N) is 2. The number of aromatic nitrogens is 1. The molecule has 1 fully saturated rings. The second-order valence-corrected chi connectivity index (χ2v) is 5.45. The number of hydrogen-bond donors (Lipinski definition) is 2. The van der Waals surface area contributed by atoms with Gasteiger partial charge >= 0.3 is 0 Å². The maximum Gasteiger partial charge on any atom is 0.0606 e. The van der Waals surface area contributed by atoms with Gasteiger partial charge in [-0.1, -0.05) is 12.8 Å². The van der Waals surface area contributed by atoms with Gasteiger partial charge in [0.05, 0.1) is 6.61 Å². The summed E-state index contributed by atoms with van der Waals surface area (Å²) in [4.78, 5) is 6.57. The molecule has 0 spiro atoms. The molecule has 20 heavy (non-hydrogen) atoms. The lowest BCUT2D eigenvalue weighted by atomic mass is 10.1. The maximum atomic E-state index is 9.40. The van der Waals surface area contributed by atoms with E-state index in [9.17, 15) is 5.11 Å². The summed E-state index contributed by atoms with van der Waals surface area (Å²) < 4.78 is 0. The summed E-state index contributed by atoms with van der Waals surface area (Å²) in [7, 11) is 0. The Morgan fingerprint density at radius 1 is 1.20 bits per heavy atom. The monoisotopic (exact) mass is 271 g/mol. The Balaban J connectivity index is 2.08. The number of nitrogen functional groups attached to an aromatic ring is 1. The van der Waals surface area contributed by atoms with Crippen LogP contribution in [0.25, 0.3) is 10.8 Å². The summed E-state index contributed by atoms with van der Waals surface area (Å²) in [5.41, 5.74) is 7.98. The third-order valence-corrected chi connectivity index (χ3v) is 4.24. The first-order valence-corrected chi connectivity index (χ1v) is 7.31. The van der Waals surface area contributed by atoms with Gasteiger partial charge in [0, 0.05) is 47.1 Å². The van der Waals surface area contributed by atoms with Gasteiger partial charge in [-0.25, -0.2) is 0 Å². The SMILES string of the molecule is Nc1ccc(N(CCO)C2CCCC2)c2cnccc12. The average molecular weight is 271 g/mol. The van der Waals surface area contributed by atoms with E-state index >= 15 is 0 Å². The number of fused-ring (bicyclic) bond motifs is 1. The van der Waals surface area contributed by atoms with Crippen molar-refractivity contribution in [2.45, 2.75) is 31.7 Å². The summed E-state index contributed by atoms with van der Waals surface area (Å²) in [6.07, 6.45) is 8.60. The molecule has 4 nitrogen and oxygen atoms in total. The summed E-state index contributed by atoms with van der Waals surface area (Å²) in [6.45, 7) is 0.835. The number of anilines is 2. The molecule has 1 saturated carbocycles. The lowest BCUT2D eigenvalue weighted by Gasteiger charge is -2.31. The predicted octanol–water partition coefficient (Wildman–Crippen LogP) is 2.56. The predicted molar refractivity (Wildman–Crippen MR) is 82.8 cm³/mol. The molecule has 0 unspecified atom stereocenters. The molecule has 0 bridgehead atoms. The third kappa shape index (κ3) is 2.31. The zero-order valence-electron chi connectivity index (χ0n) is 11.6. The first kappa shape index (κ1) is 13.2. The Hall–Kier alpha value is -1.81. The molecule has 0 aliphatic heterocycles. The first-order valence-electron chi connectivity index (χ1n) is 7.31. The average Bonchev–Trinajstić information content (AvgIpc) is 3.00. The van der Waals surface area contributed by atoms with Crippen LogP contribution in [0.1, 0.15) is 25.7 Å². The topological polar surface area (TPSA) is 62.4 Å². The minimum atomic E-state index is 0.169. The van der Waals surface area contributed by atoms with E-state index in [1.807, 2.05) is 18.3 Å². The van der Waals surface area contributed by atoms with Crippen molar-refractivity contribution in [2.75, 3.05) is 23.8 Å². The van der Waals surface area contributed by atoms with Crippen LogP contribution in [0.15, 0.2) is 30.6 Å². The van der Waals surface area contributed by atoms with Crippen molar-refractivity contribution in [3.63, 3.8) is 0 Å². The number of pyridine rings is 1. The zero-order valence-corrected chi connectivity index (χ0v) is 11.6. The third-order valence-electron chi connectivity index (χ3n) is 4.24. The lowest BCUT2D eigenvalue weighted by molar-refractivity contribution is 0.297. The van der Waals surface area contributed by atoms with Gasteiger partial charge in [0.1, 0.15) is 0 Å². The molecule has 3 rings (SSSR count). The van der Waals surface area contributed by atoms with Crippen LogP contribution in [0, 0.1) is 0 Å². The van der Waals surface area contributed by atoms with E-state index in [1.54, 1.807) is 6.20 Å². The molecule has 0 saturated heterocycles. The molecule has 1 aliphatic carbocycles. The number of rotatable bonds is 4. The molecular formula is C16H21N3O. The van der Waals surface area contributed by atoms with Crippen molar-refractivity contribution in [3.8, 4) is 0 Å². The van der Waals surface area contributed by atoms with Gasteiger partial charge in [0.2, 0.25) is 0 Å². The highest BCUT2D eigenvalue weighted by atomic mass is 16.3. The Morgan fingerprint density at radius 2 is 2.00 bits per heavy atom. The highest BCUT2D eigenvalue weighted by molar-refractivity contribution is 6.00. The Labute approximate surface area is 119 Å². The van der Waals surface area contributed by atoms with Crippen LogP contribution in [0.3, 0.4) is 0 Å². The van der Waals surface area contributed by atoms with Gasteiger partial charge in [0.15, 0.2) is 0 Å². The van der Waals surface area contributed by atoms with Crippen molar-refractivity contribution in [2.24, 2.45) is 0 Å². The summed E-state index contributed by atoms with van der Waals surface area (Å²) in [5, 5.41) is 11.5. The second kappa shape index (κ2) is 5.67. The number of aliphatic hydroxyl groups excluding tert-OH is 1. The van der Waals surface area contributed by atoms with Crippen LogP contribution >= 0.6 is 0 Å². The van der Waals surface area contributed by atoms with Gasteiger partial charge < -0.3 is 15.7 Å². The van der Waals surface area contributed by atoms with Crippen molar-refractivity contribution in [3.05, 3.63) is 30.6 Å². The van der Waals surface area contributed by atoms with Crippen molar-refractivity contribution in [1.29, 1.82) is 0 Å². The summed E-state index contributed by atoms with van der Waals surface area (Å²) >= 11 is 0. The maximum absolute atomic E-state index is 9.40. The van der Waals surface area contributed by atoms with Crippen molar-refractivity contribution < 1.29 is 5.11 Å². The van der Waals surface area contributed by atoms with Crippen LogP contribution in [0.4, 0.5) is 11.4 Å². The Morgan fingerprint density at radius 3 is 2.75 bits per heavy atom. The highest BCUT2D eigenvalue weighted by Gasteiger charge is 2.24. The Bertz CT molecular complexity index is 593. The molecule has 1 aliphatic rings. The smallest absolute Gasteiger partial charge is 0.0606 e. The van der Waals surface area contributed by atoms with Crippen molar-refractivity contribution in [1.82, 2.24) is 4.98 Å². The van der Waals surface area contributed by atoms with Crippen molar-refractivity contribution >= 4 is 22.1 Å². The molecule has 2 aromatic rings. The van der Waals surface area contributed by atoms with Crippen LogP contribution in [-0.4, -0.2) is 29.3 Å². The van der Waals surface area contributed by atoms with E-state index in [0.29, 0.717) is 12.6 Å². The van der Waals surface area contributed by atoms with E-state index in [2.05, 4.69) is 16.0 Å². The highest BCUT2D eigenvalue weighted by Crippen LogP contribution is 2.34. The lowest BCUT2D eigenvalue weighted by Crippen LogP contribution is -2.35. The van der Waals surface area contributed by atoms with E-state index in [-0.39, 0.29) is 6.61 Å². The molecular weight excluding hydrogens is 250 g/mol. The summed E-state index contributed by atoms with van der Waals surface area (Å²) in [6, 6.07) is 6.50. The molecule has 0 radical (unpaired) electrons. The number of hydrogen-bond acceptors (Lipinski definition) is 4. The molecule has 1 aromatic carbocycles. The normalized spacial score (nSPS) is 15.8. The largest absolute Gasteiger partial charge is 0.398 e. The molecule has 3 N–H and O–H groups in total. The molecule has 0 atom stereocenters.